The third-order valence-electron chi connectivity index (χ3n) is 2.65. The van der Waals surface area contributed by atoms with Gasteiger partial charge in [-0.2, -0.15) is 0 Å². The molecule has 0 heterocycles. The van der Waals surface area contributed by atoms with E-state index in [4.69, 9.17) is 6.72 Å². The van der Waals surface area contributed by atoms with Crippen molar-refractivity contribution >= 4 is 10.6 Å². The smallest absolute Gasteiger partial charge is 0 e. The molecule has 0 amide bonds. The maximum atomic E-state index is 5.25. The van der Waals surface area contributed by atoms with E-state index in [9.17, 15) is 0 Å². The summed E-state index contributed by atoms with van der Waals surface area (Å²) in [6, 6.07) is 0. The van der Waals surface area contributed by atoms with Crippen LogP contribution >= 0.6 is 0 Å². The third kappa shape index (κ3) is 8.96. The summed E-state index contributed by atoms with van der Waals surface area (Å²) < 4.78 is 1.16. The zero-order valence-electron chi connectivity index (χ0n) is 10.1. The minimum atomic E-state index is 0. The second kappa shape index (κ2) is 12.4. The van der Waals surface area contributed by atoms with E-state index in [1.54, 1.807) is 0 Å². The fourth-order valence-electron chi connectivity index (χ4n) is 1.79. The molecule has 1 nitrogen and oxygen atoms in total. The Hall–Kier alpha value is 1.34. The van der Waals surface area contributed by atoms with Crippen LogP contribution in [0.3, 0.4) is 0 Å². The predicted octanol–water partition coefficient (Wildman–Crippen LogP) is 2.93. The van der Waals surface area contributed by atoms with Crippen LogP contribution in [0.15, 0.2) is 16.8 Å². The second-order valence-corrected chi connectivity index (χ2v) is 6.08. The van der Waals surface area contributed by atoms with E-state index in [0.29, 0.717) is 0 Å². The van der Waals surface area contributed by atoms with Crippen LogP contribution in [0.5, 0.6) is 0 Å². The average molecular weight is 659 g/mol. The van der Waals surface area contributed by atoms with Gasteiger partial charge in [-0.05, 0) is 0 Å². The average Bonchev–Trinajstić information content (AvgIpc) is 2.70. The molecule has 0 unspecified atom stereocenters. The topological polar surface area (TPSA) is 12.4 Å². The zero-order valence-corrected chi connectivity index (χ0v) is 18.6. The summed E-state index contributed by atoms with van der Waals surface area (Å²) in [6.07, 6.45) is 14.7. The zero-order chi connectivity index (χ0) is 11.1. The Balaban J connectivity index is 0. The van der Waals surface area contributed by atoms with Gasteiger partial charge in [-0.15, -0.1) is 0 Å². The van der Waals surface area contributed by atoms with Gasteiger partial charge in [-0.25, -0.2) is 0 Å². The minimum absolute atomic E-state index is 0. The predicted molar refractivity (Wildman–Crippen MR) is 60.3 cm³/mol. The van der Waals surface area contributed by atoms with Gasteiger partial charge < -0.3 is 0 Å². The van der Waals surface area contributed by atoms with Crippen molar-refractivity contribution in [3.63, 3.8) is 0 Å². The molecule has 0 spiro atoms. The van der Waals surface area contributed by atoms with Crippen molar-refractivity contribution in [2.24, 2.45) is 10.9 Å². The SMILES string of the molecule is [CH-]=NC(=[C-]C=[C-]CC1CCCC1)[C](C)=[W].[U+2].[V]. The van der Waals surface area contributed by atoms with Crippen LogP contribution in [0.2, 0.25) is 0 Å². The Morgan fingerprint density at radius 2 is 2.06 bits per heavy atom. The molecule has 89 valence electrons. The van der Waals surface area contributed by atoms with E-state index in [1.807, 2.05) is 13.0 Å². The van der Waals surface area contributed by atoms with Crippen LogP contribution in [-0.2, 0) is 37.9 Å². The van der Waals surface area contributed by atoms with E-state index >= 15 is 0 Å². The van der Waals surface area contributed by atoms with Crippen LogP contribution in [-0.4, -0.2) is 10.6 Å². The van der Waals surface area contributed by atoms with Gasteiger partial charge in [0.15, 0.2) is 0 Å². The standard InChI is InChI=1S/C13H16N.U.V.W/c1-3-13(14-2)11-7-6-10-12-8-4-5-9-12;;;/h2,7,12H,4-5,8-10H2,1H3;;;/q-3;+2;;. The summed E-state index contributed by atoms with van der Waals surface area (Å²) in [5.41, 5.74) is 0.768. The first-order chi connectivity index (χ1) is 7.24. The molecule has 0 aliphatic heterocycles. The number of aliphatic imine (C=N–C) groups is 1. The summed E-state index contributed by atoms with van der Waals surface area (Å²) in [4.78, 5) is 3.67. The van der Waals surface area contributed by atoms with Gasteiger partial charge in [0.2, 0.25) is 0 Å². The quantitative estimate of drug-likeness (QED) is 0.245. The molecule has 17 heavy (non-hydrogen) atoms. The molecule has 0 N–H and O–H groups in total. The van der Waals surface area contributed by atoms with Crippen molar-refractivity contribution < 1.29 is 69.0 Å². The molecular formula is C13H16NUVW-. The van der Waals surface area contributed by atoms with Crippen molar-refractivity contribution in [2.45, 2.75) is 39.0 Å². The van der Waals surface area contributed by atoms with Crippen molar-refractivity contribution in [3.8, 4) is 0 Å². The summed E-state index contributed by atoms with van der Waals surface area (Å²) in [6.45, 7) is 7.26. The minimum Gasteiger partial charge on any atom is 0 e. The Kier molecular flexibility index (Phi) is 15.0. The Labute approximate surface area is 152 Å². The number of allylic oxidation sites excluding steroid dienone is 4. The monoisotopic (exact) mass is 659 g/mol. The van der Waals surface area contributed by atoms with Crippen LogP contribution in [0.25, 0.3) is 0 Å². The molecular weight excluding hydrogens is 643 g/mol. The molecule has 1 aliphatic rings. The van der Waals surface area contributed by atoms with Crippen LogP contribution in [0.4, 0.5) is 0 Å². The molecule has 1 rings (SSSR count). The van der Waals surface area contributed by atoms with E-state index < -0.39 is 0 Å². The fraction of sp³-hybridized carbons (Fsp3) is 0.538. The van der Waals surface area contributed by atoms with E-state index in [1.165, 1.54) is 45.0 Å². The molecule has 0 aromatic heterocycles. The first-order valence-electron chi connectivity index (χ1n) is 5.34. The fourth-order valence-corrected chi connectivity index (χ4v) is 2.19. The molecule has 1 saturated carbocycles. The second-order valence-electron chi connectivity index (χ2n) is 3.88. The van der Waals surface area contributed by atoms with Gasteiger partial charge in [0.1, 0.15) is 0 Å². The molecule has 0 aromatic rings. The molecule has 0 saturated heterocycles. The van der Waals surface area contributed by atoms with Gasteiger partial charge in [0.25, 0.3) is 0 Å². The Morgan fingerprint density at radius 1 is 1.47 bits per heavy atom. The summed E-state index contributed by atoms with van der Waals surface area (Å²) in [7, 11) is 0. The van der Waals surface area contributed by atoms with Crippen molar-refractivity contribution in [2.75, 3.05) is 0 Å². The molecule has 4 heteroatoms. The molecule has 1 radical (unpaired) electrons. The van der Waals surface area contributed by atoms with Crippen molar-refractivity contribution in [1.29, 1.82) is 0 Å². The number of hydrogen-bond acceptors (Lipinski definition) is 1. The Morgan fingerprint density at radius 3 is 2.53 bits per heavy atom. The summed E-state index contributed by atoms with van der Waals surface area (Å²) in [5, 5.41) is 0. The normalized spacial score (nSPS) is 16.4. The number of rotatable bonds is 5. The van der Waals surface area contributed by atoms with Gasteiger partial charge in [-0.1, -0.05) is 0 Å². The van der Waals surface area contributed by atoms with Crippen LogP contribution < -0.4 is 0 Å². The van der Waals surface area contributed by atoms with Gasteiger partial charge in [0.05, 0.1) is 0 Å². The summed E-state index contributed by atoms with van der Waals surface area (Å²) in [5.74, 6) is 0.846. The number of nitrogens with zero attached hydrogens (tertiary/aromatic N) is 1. The molecule has 0 bridgehead atoms. The van der Waals surface area contributed by atoms with Crippen molar-refractivity contribution in [3.05, 3.63) is 23.9 Å². The van der Waals surface area contributed by atoms with Gasteiger partial charge in [0, 0.05) is 18.6 Å². The van der Waals surface area contributed by atoms with Crippen LogP contribution in [0, 0.1) is 49.2 Å². The van der Waals surface area contributed by atoms with E-state index in [-0.39, 0.29) is 49.7 Å². The summed E-state index contributed by atoms with van der Waals surface area (Å²) >= 11 is 1.38. The van der Waals surface area contributed by atoms with Gasteiger partial charge >= 0.3 is 135 Å². The van der Waals surface area contributed by atoms with E-state index in [2.05, 4.69) is 17.1 Å². The molecule has 0 atom stereocenters. The molecule has 1 aliphatic carbocycles. The molecule has 1 fully saturated rings. The largest absolute Gasteiger partial charge is 2.00 e. The maximum Gasteiger partial charge on any atom is 2.00 e. The molecule has 0 aromatic carbocycles. The third-order valence-corrected chi connectivity index (χ3v) is 3.35. The number of hydrogen-bond donors (Lipinski definition) is 0. The Bertz CT molecular complexity index is 294. The van der Waals surface area contributed by atoms with Gasteiger partial charge in [-0.3, -0.25) is 0 Å². The first-order valence-corrected chi connectivity index (χ1v) is 6.81. The van der Waals surface area contributed by atoms with Crippen molar-refractivity contribution in [1.82, 2.24) is 0 Å². The van der Waals surface area contributed by atoms with E-state index in [0.717, 1.165) is 21.9 Å². The van der Waals surface area contributed by atoms with Crippen LogP contribution in [0.1, 0.15) is 39.0 Å². The first kappa shape index (κ1) is 20.7. The maximum absolute atomic E-state index is 5.25.